The number of Topliss-reactive ketones (excluding diaryl/α,β-unsaturated/α-hetero) is 3. The van der Waals surface area contributed by atoms with E-state index >= 15 is 0 Å². The number of benzene rings is 2. The number of phenols is 1. The van der Waals surface area contributed by atoms with Crippen molar-refractivity contribution in [2.45, 2.75) is 180 Å². The van der Waals surface area contributed by atoms with Crippen LogP contribution in [0.2, 0.25) is 0 Å². The highest BCUT2D eigenvalue weighted by Crippen LogP contribution is 2.55. The third kappa shape index (κ3) is 24.6. The van der Waals surface area contributed by atoms with Crippen LogP contribution in [0, 0.1) is 35.5 Å². The number of fused-ring (bicyclic) bond motifs is 3. The number of carbonyl (C=O) groups excluding carboxylic acids is 6. The van der Waals surface area contributed by atoms with Gasteiger partial charge in [-0.2, -0.15) is 0 Å². The Hall–Kier alpha value is -5.02. The molecule has 1 amide bonds. The molecule has 2 aromatic carbocycles. The molecule has 2 saturated heterocycles. The van der Waals surface area contributed by atoms with Gasteiger partial charge in [-0.15, -0.1) is 0 Å². The molecule has 97 heavy (non-hydrogen) atoms. The van der Waals surface area contributed by atoms with Crippen molar-refractivity contribution in [2.24, 2.45) is 35.5 Å². The lowest BCUT2D eigenvalue weighted by molar-refractivity contribution is -0.265. The second-order valence-electron chi connectivity index (χ2n) is 27.4. The van der Waals surface area contributed by atoms with E-state index in [2.05, 4.69) is 0 Å². The Labute approximate surface area is 570 Å². The summed E-state index contributed by atoms with van der Waals surface area (Å²) >= 11 is 0. The molecular weight excluding hydrogens is 1330 g/mol. The van der Waals surface area contributed by atoms with Crippen LogP contribution in [-0.2, 0) is 70.7 Å². The van der Waals surface area contributed by atoms with Gasteiger partial charge in [-0.3, -0.25) is 28.3 Å². The van der Waals surface area contributed by atoms with E-state index in [4.69, 9.17) is 38.3 Å². The predicted octanol–water partition coefficient (Wildman–Crippen LogP) is 10.0. The number of aromatic hydroxyl groups is 1. The van der Waals surface area contributed by atoms with Crippen molar-refractivity contribution in [3.8, 4) is 11.5 Å². The van der Waals surface area contributed by atoms with Gasteiger partial charge in [0.2, 0.25) is 13.2 Å². The van der Waals surface area contributed by atoms with Crippen molar-refractivity contribution in [3.05, 3.63) is 96.1 Å². The Morgan fingerprint density at radius 1 is 0.753 bits per heavy atom. The lowest BCUT2D eigenvalue weighted by Crippen LogP contribution is -2.61. The van der Waals surface area contributed by atoms with Gasteiger partial charge in [0.25, 0.3) is 11.7 Å². The standard InChI is InChI=1S/C59H87NO20P2.C10H16O3P2/c1-35-16-12-11-13-17-36(2)49(74-8)32-44-21-19-41(7)59(68,80-44)55(64)56(65)60-27-15-14-18-46(60)57(66)78-50(33-47(61)37(3)29-40(6)53(63)54(76-10)52(62)39(5)28-35)38(4)30-42-20-26-48(51(31-42)75-9)79-58(67)77-43-22-24-45(25-23-43)81(69,70)34-82(71,72)73;1-14(2,12)8-15(3,13)10-6-4-9(11)5-7-10/h11-13,16-17,22-25,29,35,37-39,41-42,44,46,48-51,53-54,63,68H,14-15,18-21,26-28,30-34H2,1-10H3,(H,69,70)(H2,71,72,73);4-7,11H,8H2,1-3H3/b13-11?,16-12+,36-17?,40-29+;/t35-,37-,38-,39-,41-,42+,44+,46?,48-,49+,50+,51-,53-,54+,59-;/m1./s1. The zero-order chi connectivity index (χ0) is 72.5. The number of ether oxygens (including phenoxy) is 7. The molecule has 17 atom stereocenters. The van der Waals surface area contributed by atoms with Crippen LogP contribution < -0.4 is 15.3 Å². The lowest BCUT2D eigenvalue weighted by atomic mass is 9.78. The Bertz CT molecular complexity index is 3360. The minimum atomic E-state index is -4.82. The number of esters is 1. The van der Waals surface area contributed by atoms with Gasteiger partial charge in [0.15, 0.2) is 5.78 Å². The number of methoxy groups -OCH3 is 3. The highest BCUT2D eigenvalue weighted by atomic mass is 31.2. The number of hydrogen-bond acceptors (Lipinski definition) is 20. The highest BCUT2D eigenvalue weighted by Gasteiger charge is 2.53. The van der Waals surface area contributed by atoms with E-state index in [0.717, 1.165) is 22.6 Å². The number of carbonyl (C=O) groups is 6. The van der Waals surface area contributed by atoms with E-state index in [1.807, 2.05) is 51.2 Å². The maximum Gasteiger partial charge on any atom is 0.514 e. The van der Waals surface area contributed by atoms with E-state index in [0.29, 0.717) is 68.7 Å². The number of aliphatic hydroxyl groups is 2. The van der Waals surface area contributed by atoms with Gasteiger partial charge in [-0.1, -0.05) is 71.1 Å². The van der Waals surface area contributed by atoms with Crippen LogP contribution in [0.5, 0.6) is 11.5 Å². The number of rotatable bonds is 14. The van der Waals surface area contributed by atoms with Gasteiger partial charge in [0.1, 0.15) is 60.8 Å². The van der Waals surface area contributed by atoms with Gasteiger partial charge in [0, 0.05) is 69.1 Å². The summed E-state index contributed by atoms with van der Waals surface area (Å²) in [5.41, 5.74) is 1.16. The van der Waals surface area contributed by atoms with Crippen LogP contribution in [-0.4, -0.2) is 185 Å². The van der Waals surface area contributed by atoms with E-state index in [9.17, 15) is 71.9 Å². The predicted molar refractivity (Wildman–Crippen MR) is 368 cm³/mol. The zero-order valence-electron chi connectivity index (χ0n) is 58.1. The molecule has 1 aliphatic carbocycles. The first-order chi connectivity index (χ1) is 45.2. The number of hydrogen-bond donors (Lipinski definition) is 6. The summed E-state index contributed by atoms with van der Waals surface area (Å²) in [4.78, 5) is 114. The Morgan fingerprint density at radius 3 is 2.01 bits per heavy atom. The largest absolute Gasteiger partial charge is 0.514 e. The van der Waals surface area contributed by atoms with Crippen molar-refractivity contribution in [1.29, 1.82) is 0 Å². The molecule has 1 saturated carbocycles. The molecule has 3 aliphatic heterocycles. The summed E-state index contributed by atoms with van der Waals surface area (Å²) < 4.78 is 88.6. The van der Waals surface area contributed by atoms with Gasteiger partial charge in [0.05, 0.1) is 31.4 Å². The fourth-order valence-electron chi connectivity index (χ4n) is 13.1. The van der Waals surface area contributed by atoms with Crippen LogP contribution in [0.15, 0.2) is 96.1 Å². The summed E-state index contributed by atoms with van der Waals surface area (Å²) in [7, 11) is -9.73. The smallest absolute Gasteiger partial charge is 0.508 e. The molecule has 0 spiro atoms. The fraction of sp³-hybridized carbons (Fsp3) is 0.623. The third-order valence-corrected chi connectivity index (χ3v) is 28.9. The van der Waals surface area contributed by atoms with E-state index in [-0.39, 0.29) is 71.9 Å². The minimum Gasteiger partial charge on any atom is -0.508 e. The number of cyclic esters (lactones) is 1. The number of piperidine rings is 1. The number of nitrogens with zero attached hydrogens (tertiary/aromatic N) is 1. The second-order valence-corrected chi connectivity index (χ2v) is 38.7. The van der Waals surface area contributed by atoms with Crippen molar-refractivity contribution in [1.82, 2.24) is 4.90 Å². The number of amides is 1. The number of phenolic OH excluding ortho intramolecular Hbond substituents is 1. The summed E-state index contributed by atoms with van der Waals surface area (Å²) in [6.07, 6.45) is 7.66. The van der Waals surface area contributed by atoms with Crippen LogP contribution in [0.25, 0.3) is 0 Å². The average molecular weight is 1440 g/mol. The van der Waals surface area contributed by atoms with Crippen molar-refractivity contribution in [2.75, 3.05) is 59.7 Å². The Balaban J connectivity index is 0.000000996. The van der Waals surface area contributed by atoms with Crippen molar-refractivity contribution < 1.29 is 110 Å². The van der Waals surface area contributed by atoms with Gasteiger partial charge < -0.3 is 77.2 Å². The van der Waals surface area contributed by atoms with Crippen LogP contribution in [0.3, 0.4) is 0 Å². The maximum absolute atomic E-state index is 14.6. The molecule has 6 rings (SSSR count). The minimum absolute atomic E-state index is 0.0141. The number of ketones is 3. The molecule has 3 unspecified atom stereocenters. The average Bonchev–Trinajstić information content (AvgIpc) is 0.775. The van der Waals surface area contributed by atoms with Crippen LogP contribution in [0.4, 0.5) is 4.79 Å². The van der Waals surface area contributed by atoms with E-state index in [1.165, 1.54) is 38.5 Å². The van der Waals surface area contributed by atoms with Crippen molar-refractivity contribution in [3.63, 3.8) is 0 Å². The summed E-state index contributed by atoms with van der Waals surface area (Å²) in [5.74, 6) is -9.98. The molecule has 28 heteroatoms. The van der Waals surface area contributed by atoms with Crippen LogP contribution >= 0.6 is 29.2 Å². The second kappa shape index (κ2) is 36.5. The van der Waals surface area contributed by atoms with Gasteiger partial charge in [-0.25, -0.2) is 9.59 Å². The quantitative estimate of drug-likeness (QED) is 0.0336. The van der Waals surface area contributed by atoms with Gasteiger partial charge in [-0.05, 0) is 175 Å². The Kier molecular flexibility index (Phi) is 31.1. The summed E-state index contributed by atoms with van der Waals surface area (Å²) in [6.45, 7) is 17.3. The highest BCUT2D eigenvalue weighted by molar-refractivity contribution is 7.83. The molecule has 3 fully saturated rings. The molecule has 3 heterocycles. The lowest BCUT2D eigenvalue weighted by Gasteiger charge is -2.42. The molecular formula is C69H103NO23P4. The molecule has 542 valence electrons. The molecule has 4 aliphatic rings. The van der Waals surface area contributed by atoms with E-state index < -0.39 is 137 Å². The van der Waals surface area contributed by atoms with Crippen LogP contribution in [0.1, 0.15) is 126 Å². The first-order valence-corrected chi connectivity index (χ1v) is 41.7. The normalized spacial score (nSPS) is 31.5. The molecule has 0 aromatic heterocycles. The monoisotopic (exact) mass is 1440 g/mol. The maximum atomic E-state index is 14.6. The third-order valence-electron chi connectivity index (χ3n) is 18.5. The molecule has 2 bridgehead atoms. The molecule has 24 nitrogen and oxygen atoms in total. The topological polar surface area (TPSA) is 360 Å². The SMILES string of the molecule is CO[C@H]1C[C@@H]2CC[C@@H](C)[C@@](O)(O2)C(=O)C(=O)N2CCCCC2C(=O)O[C@H]([C@H](C)C[C@@H]2CC[C@@H](OC(=O)Oc3ccc(P(=O)(O)CP(=O)(O)O)cc3)[C@H](OC)C2)CC(=O)[C@H](C)/C=C(\C)[C@@H](O)[C@@H](OC)C(=O)[C@H](C)C[C@H](C)/C=C/C=CC=C1C.CP(C)(=O)CP(C)(=O)c1ccc(O)cc1. The first-order valence-electron chi connectivity index (χ1n) is 33.0. The van der Waals surface area contributed by atoms with E-state index in [1.54, 1.807) is 73.0 Å². The van der Waals surface area contributed by atoms with Crippen molar-refractivity contribution >= 4 is 75.2 Å². The number of allylic oxidation sites excluding steroid dienone is 6. The number of aliphatic hydroxyl groups excluding tert-OH is 1. The molecule has 6 N–H and O–H groups in total. The zero-order valence-corrected chi connectivity index (χ0v) is 61.7. The Morgan fingerprint density at radius 2 is 1.40 bits per heavy atom. The fourth-order valence-corrected chi connectivity index (χ4v) is 23.0. The molecule has 2 aromatic rings. The molecule has 0 radical (unpaired) electrons. The summed E-state index contributed by atoms with van der Waals surface area (Å²) in [6, 6.07) is 9.64. The first kappa shape index (κ1) is 82.6. The summed E-state index contributed by atoms with van der Waals surface area (Å²) in [5, 5.41) is 33.1. The van der Waals surface area contributed by atoms with Gasteiger partial charge >= 0.3 is 19.7 Å².